The van der Waals surface area contributed by atoms with Gasteiger partial charge < -0.3 is 4.90 Å². The van der Waals surface area contributed by atoms with E-state index in [1.807, 2.05) is 17.5 Å². The number of thiophene rings is 1. The first-order valence-electron chi connectivity index (χ1n) is 5.39. The molecule has 2 aliphatic rings. The lowest BCUT2D eigenvalue weighted by Crippen LogP contribution is -2.41. The van der Waals surface area contributed by atoms with Gasteiger partial charge in [-0.1, -0.05) is 18.2 Å². The predicted octanol–water partition coefficient (Wildman–Crippen LogP) is 2.68. The number of nitrogens with zero attached hydrogens (tertiary/aromatic N) is 1. The molecule has 2 aliphatic heterocycles. The fourth-order valence-electron chi connectivity index (χ4n) is 2.57. The Kier molecular flexibility index (Phi) is 2.13. The second-order valence-corrected chi connectivity index (χ2v) is 5.10. The standard InChI is InChI=1S/C12H13NOS/c14-12(11-5-2-8-15-11)13-9-3-1-4-10(13)7-6-9/h1-3,5,8-10H,4,6-7H2/t9-,10-/m0/s1. The van der Waals surface area contributed by atoms with Crippen molar-refractivity contribution < 1.29 is 4.79 Å². The molecule has 15 heavy (non-hydrogen) atoms. The molecule has 3 heterocycles. The Bertz CT molecular complexity index is 396. The molecular weight excluding hydrogens is 206 g/mol. The Labute approximate surface area is 93.2 Å². The van der Waals surface area contributed by atoms with Crippen molar-refractivity contribution in [2.75, 3.05) is 0 Å². The zero-order valence-electron chi connectivity index (χ0n) is 8.43. The molecule has 0 radical (unpaired) electrons. The molecule has 1 fully saturated rings. The third-order valence-corrected chi connectivity index (χ3v) is 4.14. The fraction of sp³-hybridized carbons (Fsp3) is 0.417. The summed E-state index contributed by atoms with van der Waals surface area (Å²) in [5.74, 6) is 0.224. The van der Waals surface area contributed by atoms with Crippen LogP contribution in [-0.4, -0.2) is 22.9 Å². The molecule has 3 rings (SSSR count). The molecule has 0 spiro atoms. The number of rotatable bonds is 1. The Hall–Kier alpha value is -1.09. The van der Waals surface area contributed by atoms with Crippen LogP contribution in [0.4, 0.5) is 0 Å². The van der Waals surface area contributed by atoms with Crippen molar-refractivity contribution in [1.82, 2.24) is 4.90 Å². The summed E-state index contributed by atoms with van der Waals surface area (Å²) in [6.45, 7) is 0. The molecule has 1 amide bonds. The van der Waals surface area contributed by atoms with Crippen molar-refractivity contribution in [3.63, 3.8) is 0 Å². The van der Waals surface area contributed by atoms with Gasteiger partial charge in [0.05, 0.1) is 10.9 Å². The van der Waals surface area contributed by atoms with Crippen molar-refractivity contribution >= 4 is 17.2 Å². The molecule has 2 bridgehead atoms. The SMILES string of the molecule is O=C(c1cccs1)N1[C@H]2CC=C[C@H]1CC2. The Morgan fingerprint density at radius 2 is 2.40 bits per heavy atom. The summed E-state index contributed by atoms with van der Waals surface area (Å²) in [6.07, 6.45) is 7.75. The minimum atomic E-state index is 0.224. The maximum atomic E-state index is 12.2. The molecule has 1 aromatic heterocycles. The van der Waals surface area contributed by atoms with Gasteiger partial charge in [-0.2, -0.15) is 0 Å². The highest BCUT2D eigenvalue weighted by molar-refractivity contribution is 7.12. The minimum Gasteiger partial charge on any atom is -0.328 e. The van der Waals surface area contributed by atoms with E-state index in [0.29, 0.717) is 12.1 Å². The highest BCUT2D eigenvalue weighted by Gasteiger charge is 2.37. The first-order valence-corrected chi connectivity index (χ1v) is 6.27. The van der Waals surface area contributed by atoms with E-state index in [0.717, 1.165) is 24.1 Å². The average molecular weight is 219 g/mol. The second kappa shape index (κ2) is 3.49. The van der Waals surface area contributed by atoms with Crippen LogP contribution in [-0.2, 0) is 0 Å². The molecule has 0 unspecified atom stereocenters. The number of fused-ring (bicyclic) bond motifs is 2. The van der Waals surface area contributed by atoms with Gasteiger partial charge in [0.1, 0.15) is 0 Å². The monoisotopic (exact) mass is 219 g/mol. The van der Waals surface area contributed by atoms with E-state index in [1.54, 1.807) is 11.3 Å². The molecule has 2 atom stereocenters. The largest absolute Gasteiger partial charge is 0.328 e. The van der Waals surface area contributed by atoms with E-state index >= 15 is 0 Å². The molecular formula is C12H13NOS. The summed E-state index contributed by atoms with van der Waals surface area (Å²) in [6, 6.07) is 4.68. The summed E-state index contributed by atoms with van der Waals surface area (Å²) in [5.41, 5.74) is 0. The van der Waals surface area contributed by atoms with Gasteiger partial charge in [0.25, 0.3) is 5.91 Å². The van der Waals surface area contributed by atoms with Crippen LogP contribution in [0.2, 0.25) is 0 Å². The van der Waals surface area contributed by atoms with Gasteiger partial charge in [-0.25, -0.2) is 0 Å². The molecule has 1 saturated heterocycles. The van der Waals surface area contributed by atoms with Crippen LogP contribution < -0.4 is 0 Å². The maximum Gasteiger partial charge on any atom is 0.264 e. The quantitative estimate of drug-likeness (QED) is 0.665. The third-order valence-electron chi connectivity index (χ3n) is 3.28. The maximum absolute atomic E-state index is 12.2. The fourth-order valence-corrected chi connectivity index (χ4v) is 3.24. The molecule has 1 aromatic rings. The van der Waals surface area contributed by atoms with Crippen LogP contribution in [0.3, 0.4) is 0 Å². The van der Waals surface area contributed by atoms with Crippen LogP contribution in [0.1, 0.15) is 28.9 Å². The normalized spacial score (nSPS) is 28.4. The molecule has 0 saturated carbocycles. The third kappa shape index (κ3) is 1.42. The molecule has 0 N–H and O–H groups in total. The minimum absolute atomic E-state index is 0.224. The van der Waals surface area contributed by atoms with Crippen LogP contribution >= 0.6 is 11.3 Å². The van der Waals surface area contributed by atoms with E-state index in [2.05, 4.69) is 17.1 Å². The van der Waals surface area contributed by atoms with Crippen LogP contribution in [0.25, 0.3) is 0 Å². The van der Waals surface area contributed by atoms with Crippen LogP contribution in [0.5, 0.6) is 0 Å². The first kappa shape index (κ1) is 9.16. The van der Waals surface area contributed by atoms with E-state index in [9.17, 15) is 4.79 Å². The van der Waals surface area contributed by atoms with E-state index in [1.165, 1.54) is 0 Å². The van der Waals surface area contributed by atoms with Gasteiger partial charge in [0, 0.05) is 6.04 Å². The van der Waals surface area contributed by atoms with E-state index < -0.39 is 0 Å². The smallest absolute Gasteiger partial charge is 0.264 e. The Balaban J connectivity index is 1.89. The van der Waals surface area contributed by atoms with E-state index in [-0.39, 0.29) is 5.91 Å². The van der Waals surface area contributed by atoms with Gasteiger partial charge in [-0.05, 0) is 30.7 Å². The summed E-state index contributed by atoms with van der Waals surface area (Å²) < 4.78 is 0. The topological polar surface area (TPSA) is 20.3 Å². The van der Waals surface area contributed by atoms with Gasteiger partial charge in [0.15, 0.2) is 0 Å². The molecule has 2 nitrogen and oxygen atoms in total. The van der Waals surface area contributed by atoms with Gasteiger partial charge in [-0.15, -0.1) is 11.3 Å². The van der Waals surface area contributed by atoms with Crippen molar-refractivity contribution in [3.05, 3.63) is 34.5 Å². The van der Waals surface area contributed by atoms with E-state index in [4.69, 9.17) is 0 Å². The molecule has 0 aromatic carbocycles. The number of carbonyl (C=O) groups is 1. The lowest BCUT2D eigenvalue weighted by Gasteiger charge is -2.31. The van der Waals surface area contributed by atoms with Gasteiger partial charge >= 0.3 is 0 Å². The highest BCUT2D eigenvalue weighted by atomic mass is 32.1. The average Bonchev–Trinajstić information content (AvgIpc) is 2.85. The summed E-state index contributed by atoms with van der Waals surface area (Å²) >= 11 is 1.54. The zero-order valence-corrected chi connectivity index (χ0v) is 9.24. The van der Waals surface area contributed by atoms with Crippen LogP contribution in [0, 0.1) is 0 Å². The Morgan fingerprint density at radius 3 is 3.13 bits per heavy atom. The molecule has 0 aliphatic carbocycles. The summed E-state index contributed by atoms with van der Waals surface area (Å²) in [5, 5.41) is 1.97. The van der Waals surface area contributed by atoms with Crippen molar-refractivity contribution in [2.45, 2.75) is 31.3 Å². The zero-order chi connectivity index (χ0) is 10.3. The van der Waals surface area contributed by atoms with Crippen LogP contribution in [0.15, 0.2) is 29.7 Å². The van der Waals surface area contributed by atoms with Gasteiger partial charge in [-0.3, -0.25) is 4.79 Å². The lowest BCUT2D eigenvalue weighted by molar-refractivity contribution is 0.0694. The lowest BCUT2D eigenvalue weighted by atomic mass is 10.1. The number of carbonyl (C=O) groups excluding carboxylic acids is 1. The van der Waals surface area contributed by atoms with Crippen molar-refractivity contribution in [2.24, 2.45) is 0 Å². The molecule has 3 heteroatoms. The second-order valence-electron chi connectivity index (χ2n) is 4.15. The molecule has 78 valence electrons. The Morgan fingerprint density at radius 1 is 1.47 bits per heavy atom. The van der Waals surface area contributed by atoms with Crippen molar-refractivity contribution in [1.29, 1.82) is 0 Å². The van der Waals surface area contributed by atoms with Crippen molar-refractivity contribution in [3.8, 4) is 0 Å². The number of hydrogen-bond donors (Lipinski definition) is 0. The summed E-state index contributed by atoms with van der Waals surface area (Å²) in [4.78, 5) is 15.2. The summed E-state index contributed by atoms with van der Waals surface area (Å²) in [7, 11) is 0. The predicted molar refractivity (Wildman–Crippen MR) is 61.1 cm³/mol. The number of amides is 1. The van der Waals surface area contributed by atoms with Gasteiger partial charge in [0.2, 0.25) is 0 Å². The number of hydrogen-bond acceptors (Lipinski definition) is 2. The highest BCUT2D eigenvalue weighted by Crippen LogP contribution is 2.33. The first-order chi connectivity index (χ1) is 7.36.